The molecule has 2 aliphatic rings. The third kappa shape index (κ3) is 4.03. The zero-order chi connectivity index (χ0) is 18.0. The van der Waals surface area contributed by atoms with E-state index in [0.717, 1.165) is 24.8 Å². The first kappa shape index (κ1) is 17.9. The Morgan fingerprint density at radius 2 is 1.92 bits per heavy atom. The minimum atomic E-state index is -3.51. The molecule has 1 aliphatic heterocycles. The second-order valence-electron chi connectivity index (χ2n) is 6.87. The third-order valence-electron chi connectivity index (χ3n) is 5.14. The molecule has 1 fully saturated rings. The summed E-state index contributed by atoms with van der Waals surface area (Å²) in [5.41, 5.74) is 2.30. The lowest BCUT2D eigenvalue weighted by Gasteiger charge is -2.30. The van der Waals surface area contributed by atoms with E-state index in [1.807, 2.05) is 6.07 Å². The van der Waals surface area contributed by atoms with Crippen LogP contribution in [0.15, 0.2) is 23.1 Å². The molecular weight excluding hydrogens is 342 g/mol. The van der Waals surface area contributed by atoms with Crippen LogP contribution in [0.2, 0.25) is 0 Å². The molecule has 3 rings (SSSR count). The smallest absolute Gasteiger partial charge is 0.308 e. The molecule has 0 spiro atoms. The molecule has 25 heavy (non-hydrogen) atoms. The fourth-order valence-corrected chi connectivity index (χ4v) is 4.92. The van der Waals surface area contributed by atoms with Crippen LogP contribution in [0.4, 0.5) is 0 Å². The average molecular weight is 365 g/mol. The van der Waals surface area contributed by atoms with E-state index >= 15 is 0 Å². The van der Waals surface area contributed by atoms with E-state index in [1.165, 1.54) is 10.5 Å². The maximum absolute atomic E-state index is 12.5. The van der Waals surface area contributed by atoms with Crippen LogP contribution < -0.4 is 0 Å². The fourth-order valence-electron chi connectivity index (χ4n) is 3.64. The highest BCUT2D eigenvalue weighted by Crippen LogP contribution is 2.25. The van der Waals surface area contributed by atoms with Crippen LogP contribution in [0.25, 0.3) is 0 Å². The first-order valence-corrected chi connectivity index (χ1v) is 10.4. The monoisotopic (exact) mass is 365 g/mol. The Labute approximate surface area is 147 Å². The molecule has 1 N–H and O–H groups in total. The summed E-state index contributed by atoms with van der Waals surface area (Å²) in [6.07, 6.45) is 4.05. The minimum Gasteiger partial charge on any atom is -0.481 e. The van der Waals surface area contributed by atoms with Crippen LogP contribution in [-0.4, -0.2) is 49.1 Å². The zero-order valence-corrected chi connectivity index (χ0v) is 14.9. The van der Waals surface area contributed by atoms with Gasteiger partial charge in [-0.05, 0) is 55.4 Å². The first-order chi connectivity index (χ1) is 11.9. The van der Waals surface area contributed by atoms with Crippen molar-refractivity contribution in [2.24, 2.45) is 5.92 Å². The number of hydrogen-bond acceptors (Lipinski definition) is 4. The van der Waals surface area contributed by atoms with Gasteiger partial charge in [-0.15, -0.1) is 0 Å². The highest BCUT2D eigenvalue weighted by molar-refractivity contribution is 7.91. The molecule has 0 aromatic heterocycles. The van der Waals surface area contributed by atoms with Crippen molar-refractivity contribution >= 4 is 21.7 Å². The van der Waals surface area contributed by atoms with Gasteiger partial charge in [0.15, 0.2) is 9.84 Å². The maximum Gasteiger partial charge on any atom is 0.308 e. The molecule has 136 valence electrons. The standard InChI is InChI=1S/C18H23NO5S/c20-17(19-9-2-5-15(12-19)18(21)22)8-10-25(23,24)16-7-6-13-3-1-4-14(13)11-16/h6-7,11,15H,1-5,8-10,12H2,(H,21,22). The van der Waals surface area contributed by atoms with Gasteiger partial charge in [-0.1, -0.05) is 6.07 Å². The van der Waals surface area contributed by atoms with Crippen LogP contribution in [0.5, 0.6) is 0 Å². The molecule has 0 radical (unpaired) electrons. The molecule has 0 bridgehead atoms. The molecule has 6 nitrogen and oxygen atoms in total. The van der Waals surface area contributed by atoms with E-state index in [4.69, 9.17) is 5.11 Å². The summed E-state index contributed by atoms with van der Waals surface area (Å²) in [7, 11) is -3.51. The Balaban J connectivity index is 1.62. The van der Waals surface area contributed by atoms with Gasteiger partial charge in [-0.2, -0.15) is 0 Å². The van der Waals surface area contributed by atoms with E-state index < -0.39 is 21.7 Å². The van der Waals surface area contributed by atoms with Crippen molar-refractivity contribution in [2.75, 3.05) is 18.8 Å². The number of nitrogens with zero attached hydrogens (tertiary/aromatic N) is 1. The van der Waals surface area contributed by atoms with Crippen molar-refractivity contribution in [2.45, 2.75) is 43.4 Å². The van der Waals surface area contributed by atoms with E-state index in [1.54, 1.807) is 12.1 Å². The van der Waals surface area contributed by atoms with Crippen molar-refractivity contribution < 1.29 is 23.1 Å². The number of carboxylic acid groups (broad SMARTS) is 1. The number of hydrogen-bond donors (Lipinski definition) is 1. The summed E-state index contributed by atoms with van der Waals surface area (Å²) in [6, 6.07) is 5.24. The van der Waals surface area contributed by atoms with Crippen LogP contribution in [0.3, 0.4) is 0 Å². The lowest BCUT2D eigenvalue weighted by atomic mass is 9.98. The summed E-state index contributed by atoms with van der Waals surface area (Å²) >= 11 is 0. The number of sulfone groups is 1. The summed E-state index contributed by atoms with van der Waals surface area (Å²) in [4.78, 5) is 25.2. The highest BCUT2D eigenvalue weighted by Gasteiger charge is 2.29. The second-order valence-corrected chi connectivity index (χ2v) is 8.98. The number of amides is 1. The molecule has 1 heterocycles. The number of benzene rings is 1. The Bertz CT molecular complexity index is 787. The zero-order valence-electron chi connectivity index (χ0n) is 14.1. The lowest BCUT2D eigenvalue weighted by Crippen LogP contribution is -2.42. The fraction of sp³-hybridized carbons (Fsp3) is 0.556. The van der Waals surface area contributed by atoms with Crippen LogP contribution >= 0.6 is 0 Å². The highest BCUT2D eigenvalue weighted by atomic mass is 32.2. The minimum absolute atomic E-state index is 0.105. The number of carboxylic acids is 1. The van der Waals surface area contributed by atoms with E-state index in [-0.39, 0.29) is 29.5 Å². The predicted octanol–water partition coefficient (Wildman–Crippen LogP) is 1.66. The molecule has 1 aromatic rings. The molecule has 7 heteroatoms. The SMILES string of the molecule is O=C(O)C1CCCN(C(=O)CCS(=O)(=O)c2ccc3c(c2)CCC3)C1. The normalized spacial score (nSPS) is 20.3. The van der Waals surface area contributed by atoms with Crippen LogP contribution in [0, 0.1) is 5.92 Å². The molecule has 1 saturated heterocycles. The Morgan fingerprint density at radius 3 is 2.68 bits per heavy atom. The molecular formula is C18H23NO5S. The average Bonchev–Trinajstić information content (AvgIpc) is 3.07. The summed E-state index contributed by atoms with van der Waals surface area (Å²) in [6.45, 7) is 0.675. The topological polar surface area (TPSA) is 91.8 Å². The Morgan fingerprint density at radius 1 is 1.16 bits per heavy atom. The van der Waals surface area contributed by atoms with Crippen molar-refractivity contribution in [1.29, 1.82) is 0 Å². The number of likely N-dealkylation sites (tertiary alicyclic amines) is 1. The van der Waals surface area contributed by atoms with Gasteiger partial charge in [0.2, 0.25) is 5.91 Å². The summed E-state index contributed by atoms with van der Waals surface area (Å²) < 4.78 is 25.1. The Kier molecular flexibility index (Phi) is 5.13. The molecule has 1 unspecified atom stereocenters. The number of aliphatic carboxylic acids is 1. The van der Waals surface area contributed by atoms with Gasteiger partial charge in [0.1, 0.15) is 0 Å². The number of fused-ring (bicyclic) bond motifs is 1. The van der Waals surface area contributed by atoms with Crippen molar-refractivity contribution in [3.8, 4) is 0 Å². The van der Waals surface area contributed by atoms with E-state index in [2.05, 4.69) is 0 Å². The number of rotatable bonds is 5. The van der Waals surface area contributed by atoms with E-state index in [0.29, 0.717) is 19.4 Å². The lowest BCUT2D eigenvalue weighted by molar-refractivity contribution is -0.145. The Hall–Kier alpha value is -1.89. The number of carbonyl (C=O) groups is 2. The number of carbonyl (C=O) groups excluding carboxylic acids is 1. The van der Waals surface area contributed by atoms with Gasteiger partial charge in [0, 0.05) is 19.5 Å². The van der Waals surface area contributed by atoms with Crippen molar-refractivity contribution in [3.63, 3.8) is 0 Å². The maximum atomic E-state index is 12.5. The summed E-state index contributed by atoms with van der Waals surface area (Å²) in [5.74, 6) is -1.97. The predicted molar refractivity (Wildman–Crippen MR) is 92.1 cm³/mol. The molecule has 1 aromatic carbocycles. The first-order valence-electron chi connectivity index (χ1n) is 8.72. The van der Waals surface area contributed by atoms with Gasteiger partial charge >= 0.3 is 5.97 Å². The quantitative estimate of drug-likeness (QED) is 0.857. The van der Waals surface area contributed by atoms with Gasteiger partial charge in [0.25, 0.3) is 0 Å². The molecule has 0 saturated carbocycles. The van der Waals surface area contributed by atoms with Crippen LogP contribution in [0.1, 0.15) is 36.8 Å². The molecule has 1 aliphatic carbocycles. The summed E-state index contributed by atoms with van der Waals surface area (Å²) in [5, 5.41) is 9.09. The second kappa shape index (κ2) is 7.15. The van der Waals surface area contributed by atoms with Gasteiger partial charge in [0.05, 0.1) is 16.6 Å². The largest absolute Gasteiger partial charge is 0.481 e. The van der Waals surface area contributed by atoms with Gasteiger partial charge in [-0.25, -0.2) is 8.42 Å². The molecule has 1 amide bonds. The van der Waals surface area contributed by atoms with Crippen LogP contribution in [-0.2, 0) is 32.3 Å². The molecule has 1 atom stereocenters. The number of aryl methyl sites for hydroxylation is 2. The van der Waals surface area contributed by atoms with Gasteiger partial charge in [-0.3, -0.25) is 9.59 Å². The number of piperidine rings is 1. The van der Waals surface area contributed by atoms with Gasteiger partial charge < -0.3 is 10.0 Å². The van der Waals surface area contributed by atoms with Crippen molar-refractivity contribution in [1.82, 2.24) is 4.90 Å². The third-order valence-corrected chi connectivity index (χ3v) is 6.85. The van der Waals surface area contributed by atoms with E-state index in [9.17, 15) is 18.0 Å². The van der Waals surface area contributed by atoms with Crippen molar-refractivity contribution in [3.05, 3.63) is 29.3 Å².